The Morgan fingerprint density at radius 3 is 2.22 bits per heavy atom. The number of benzene rings is 2. The average molecular weight is 309 g/mol. The summed E-state index contributed by atoms with van der Waals surface area (Å²) in [6.07, 6.45) is 1.84. The Labute approximate surface area is 135 Å². The molecule has 0 atom stereocenters. The topological polar surface area (TPSA) is 57.6 Å². The number of carbonyl (C=O) groups is 2. The SMILES string of the molecule is CN(C(=O)Cc1ccccc1C(=O)O)C1Cc2ccccc2C1. The Morgan fingerprint density at radius 1 is 1.04 bits per heavy atom. The highest BCUT2D eigenvalue weighted by Gasteiger charge is 2.27. The van der Waals surface area contributed by atoms with Gasteiger partial charge in [-0.3, -0.25) is 4.79 Å². The smallest absolute Gasteiger partial charge is 0.335 e. The molecule has 0 saturated heterocycles. The van der Waals surface area contributed by atoms with Gasteiger partial charge in [0.2, 0.25) is 5.91 Å². The van der Waals surface area contributed by atoms with E-state index in [1.165, 1.54) is 17.2 Å². The minimum absolute atomic E-state index is 0.0449. The van der Waals surface area contributed by atoms with Gasteiger partial charge in [0, 0.05) is 13.1 Å². The third-order valence-corrected chi connectivity index (χ3v) is 4.56. The Balaban J connectivity index is 1.71. The highest BCUT2D eigenvalue weighted by Crippen LogP contribution is 2.25. The standard InChI is InChI=1S/C19H19NO3/c1-20(16-10-13-6-2-3-7-14(13)11-16)18(21)12-15-8-4-5-9-17(15)19(22)23/h2-9,16H,10-12H2,1H3,(H,22,23). The van der Waals surface area contributed by atoms with Crippen LogP contribution in [0.3, 0.4) is 0 Å². The molecule has 118 valence electrons. The summed E-state index contributed by atoms with van der Waals surface area (Å²) in [5, 5.41) is 9.22. The van der Waals surface area contributed by atoms with Crippen molar-refractivity contribution in [2.24, 2.45) is 0 Å². The summed E-state index contributed by atoms with van der Waals surface area (Å²) >= 11 is 0. The monoisotopic (exact) mass is 309 g/mol. The maximum atomic E-state index is 12.6. The molecule has 0 unspecified atom stereocenters. The number of likely N-dealkylation sites (N-methyl/N-ethyl adjacent to an activating group) is 1. The van der Waals surface area contributed by atoms with Crippen LogP contribution in [-0.2, 0) is 24.1 Å². The largest absolute Gasteiger partial charge is 0.478 e. The molecule has 1 aliphatic rings. The van der Waals surface area contributed by atoms with Crippen LogP contribution in [0.5, 0.6) is 0 Å². The van der Waals surface area contributed by atoms with Crippen molar-refractivity contribution < 1.29 is 14.7 Å². The van der Waals surface area contributed by atoms with Crippen LogP contribution < -0.4 is 0 Å². The average Bonchev–Trinajstić information content (AvgIpc) is 2.98. The van der Waals surface area contributed by atoms with Gasteiger partial charge in [-0.05, 0) is 35.6 Å². The van der Waals surface area contributed by atoms with Crippen molar-refractivity contribution in [3.8, 4) is 0 Å². The Morgan fingerprint density at radius 2 is 1.61 bits per heavy atom. The number of aromatic carboxylic acids is 1. The van der Waals surface area contributed by atoms with Crippen molar-refractivity contribution in [1.29, 1.82) is 0 Å². The van der Waals surface area contributed by atoms with E-state index in [1.54, 1.807) is 23.1 Å². The molecule has 4 nitrogen and oxygen atoms in total. The maximum absolute atomic E-state index is 12.6. The fourth-order valence-electron chi connectivity index (χ4n) is 3.18. The van der Waals surface area contributed by atoms with Crippen molar-refractivity contribution in [2.75, 3.05) is 7.05 Å². The molecule has 1 amide bonds. The zero-order valence-electron chi connectivity index (χ0n) is 13.0. The van der Waals surface area contributed by atoms with Gasteiger partial charge >= 0.3 is 5.97 Å². The Kier molecular flexibility index (Phi) is 4.15. The normalized spacial score (nSPS) is 13.6. The fraction of sp³-hybridized carbons (Fsp3) is 0.263. The number of rotatable bonds is 4. The van der Waals surface area contributed by atoms with Crippen molar-refractivity contribution in [2.45, 2.75) is 25.3 Å². The first-order valence-electron chi connectivity index (χ1n) is 7.70. The van der Waals surface area contributed by atoms with Gasteiger partial charge in [-0.15, -0.1) is 0 Å². The molecule has 0 radical (unpaired) electrons. The summed E-state index contributed by atoms with van der Waals surface area (Å²) in [7, 11) is 1.81. The molecule has 0 fully saturated rings. The number of amides is 1. The minimum atomic E-state index is -0.996. The van der Waals surface area contributed by atoms with Gasteiger partial charge in [-0.1, -0.05) is 42.5 Å². The number of carboxylic acid groups (broad SMARTS) is 1. The van der Waals surface area contributed by atoms with Crippen LogP contribution in [0.25, 0.3) is 0 Å². The first-order valence-corrected chi connectivity index (χ1v) is 7.70. The molecule has 0 saturated carbocycles. The van der Waals surface area contributed by atoms with Gasteiger partial charge in [0.1, 0.15) is 0 Å². The third-order valence-electron chi connectivity index (χ3n) is 4.56. The summed E-state index contributed by atoms with van der Waals surface area (Å²) in [6.45, 7) is 0. The molecule has 0 spiro atoms. The van der Waals surface area contributed by atoms with Gasteiger partial charge in [0.25, 0.3) is 0 Å². The number of fused-ring (bicyclic) bond motifs is 1. The molecule has 3 rings (SSSR count). The number of hydrogen-bond donors (Lipinski definition) is 1. The summed E-state index contributed by atoms with van der Waals surface area (Å²) in [6, 6.07) is 15.1. The number of carbonyl (C=O) groups excluding carboxylic acids is 1. The Hall–Kier alpha value is -2.62. The predicted octanol–water partition coefficient (Wildman–Crippen LogP) is 2.55. The minimum Gasteiger partial charge on any atom is -0.478 e. The second kappa shape index (κ2) is 6.24. The first-order chi connectivity index (χ1) is 11.1. The molecule has 23 heavy (non-hydrogen) atoms. The molecule has 0 aromatic heterocycles. The second-order valence-electron chi connectivity index (χ2n) is 5.97. The van der Waals surface area contributed by atoms with Gasteiger partial charge in [0.15, 0.2) is 0 Å². The highest BCUT2D eigenvalue weighted by atomic mass is 16.4. The molecular formula is C19H19NO3. The lowest BCUT2D eigenvalue weighted by Gasteiger charge is -2.24. The molecule has 4 heteroatoms. The third kappa shape index (κ3) is 3.11. The lowest BCUT2D eigenvalue weighted by atomic mass is 10.0. The summed E-state index contributed by atoms with van der Waals surface area (Å²) in [4.78, 5) is 25.6. The van der Waals surface area contributed by atoms with Crippen LogP contribution in [0.2, 0.25) is 0 Å². The van der Waals surface area contributed by atoms with Crippen molar-refractivity contribution >= 4 is 11.9 Å². The van der Waals surface area contributed by atoms with Crippen LogP contribution >= 0.6 is 0 Å². The molecule has 1 aliphatic carbocycles. The number of carboxylic acids is 1. The van der Waals surface area contributed by atoms with Crippen LogP contribution in [0, 0.1) is 0 Å². The van der Waals surface area contributed by atoms with E-state index < -0.39 is 5.97 Å². The molecule has 0 aliphatic heterocycles. The molecule has 2 aromatic rings. The van der Waals surface area contributed by atoms with Crippen LogP contribution in [0.4, 0.5) is 0 Å². The fourth-order valence-corrected chi connectivity index (χ4v) is 3.18. The van der Waals surface area contributed by atoms with E-state index in [1.807, 2.05) is 19.2 Å². The highest BCUT2D eigenvalue weighted by molar-refractivity contribution is 5.91. The van der Waals surface area contributed by atoms with Crippen LogP contribution in [0.1, 0.15) is 27.0 Å². The van der Waals surface area contributed by atoms with E-state index in [9.17, 15) is 14.7 Å². The summed E-state index contributed by atoms with van der Waals surface area (Å²) in [5.41, 5.74) is 3.35. The van der Waals surface area contributed by atoms with Gasteiger partial charge < -0.3 is 10.0 Å². The van der Waals surface area contributed by atoms with Crippen molar-refractivity contribution in [3.63, 3.8) is 0 Å². The van der Waals surface area contributed by atoms with E-state index in [0.29, 0.717) is 5.56 Å². The van der Waals surface area contributed by atoms with Gasteiger partial charge in [-0.25, -0.2) is 4.79 Å². The van der Waals surface area contributed by atoms with E-state index >= 15 is 0 Å². The zero-order chi connectivity index (χ0) is 16.4. The van der Waals surface area contributed by atoms with Crippen LogP contribution in [0.15, 0.2) is 48.5 Å². The summed E-state index contributed by atoms with van der Waals surface area (Å²) < 4.78 is 0. The molecule has 2 aromatic carbocycles. The van der Waals surface area contributed by atoms with Gasteiger partial charge in [-0.2, -0.15) is 0 Å². The second-order valence-corrected chi connectivity index (χ2v) is 5.97. The Bertz CT molecular complexity index is 729. The quantitative estimate of drug-likeness (QED) is 0.944. The van der Waals surface area contributed by atoms with E-state index in [2.05, 4.69) is 12.1 Å². The predicted molar refractivity (Wildman–Crippen MR) is 87.5 cm³/mol. The van der Waals surface area contributed by atoms with E-state index in [0.717, 1.165) is 12.8 Å². The van der Waals surface area contributed by atoms with E-state index in [4.69, 9.17) is 0 Å². The maximum Gasteiger partial charge on any atom is 0.335 e. The molecular weight excluding hydrogens is 290 g/mol. The molecule has 0 bridgehead atoms. The zero-order valence-corrected chi connectivity index (χ0v) is 13.0. The molecule has 1 N–H and O–H groups in total. The lowest BCUT2D eigenvalue weighted by molar-refractivity contribution is -0.131. The van der Waals surface area contributed by atoms with E-state index in [-0.39, 0.29) is 23.9 Å². The van der Waals surface area contributed by atoms with Crippen molar-refractivity contribution in [3.05, 3.63) is 70.8 Å². The number of nitrogens with zero attached hydrogens (tertiary/aromatic N) is 1. The summed E-state index contributed by atoms with van der Waals surface area (Å²) in [5.74, 6) is -1.04. The lowest BCUT2D eigenvalue weighted by Crippen LogP contribution is -2.38. The van der Waals surface area contributed by atoms with Gasteiger partial charge in [0.05, 0.1) is 12.0 Å². The van der Waals surface area contributed by atoms with Crippen molar-refractivity contribution in [1.82, 2.24) is 4.90 Å². The first kappa shape index (κ1) is 15.3. The van der Waals surface area contributed by atoms with Crippen LogP contribution in [-0.4, -0.2) is 35.0 Å². The number of hydrogen-bond acceptors (Lipinski definition) is 2. The molecule has 0 heterocycles.